The number of aliphatic hydroxyl groups excluding tert-OH is 1. The predicted octanol–water partition coefficient (Wildman–Crippen LogP) is 2.61. The highest BCUT2D eigenvalue weighted by atomic mass is 32.2. The van der Waals surface area contributed by atoms with E-state index in [4.69, 9.17) is 0 Å². The SMILES string of the molecule is Cc1ccccc1SCC(=O)NC(CO)CC(C)C. The molecule has 0 aliphatic rings. The van der Waals surface area contributed by atoms with Gasteiger partial charge in [-0.2, -0.15) is 0 Å². The van der Waals surface area contributed by atoms with Crippen LogP contribution in [0.2, 0.25) is 0 Å². The van der Waals surface area contributed by atoms with E-state index in [0.29, 0.717) is 11.7 Å². The molecule has 2 N–H and O–H groups in total. The first-order chi connectivity index (χ1) is 9.02. The van der Waals surface area contributed by atoms with Gasteiger partial charge in [0.05, 0.1) is 18.4 Å². The summed E-state index contributed by atoms with van der Waals surface area (Å²) < 4.78 is 0. The van der Waals surface area contributed by atoms with E-state index in [2.05, 4.69) is 19.2 Å². The van der Waals surface area contributed by atoms with Crippen LogP contribution in [0.5, 0.6) is 0 Å². The third-order valence-corrected chi connectivity index (χ3v) is 3.97. The minimum atomic E-state index is -0.134. The number of aryl methyl sites for hydroxylation is 1. The molecule has 0 saturated heterocycles. The summed E-state index contributed by atoms with van der Waals surface area (Å²) in [4.78, 5) is 13.0. The summed E-state index contributed by atoms with van der Waals surface area (Å²) in [7, 11) is 0. The van der Waals surface area contributed by atoms with E-state index in [1.54, 1.807) is 0 Å². The van der Waals surface area contributed by atoms with Crippen molar-refractivity contribution in [2.24, 2.45) is 5.92 Å². The Morgan fingerprint density at radius 1 is 1.37 bits per heavy atom. The van der Waals surface area contributed by atoms with Crippen LogP contribution >= 0.6 is 11.8 Å². The number of nitrogens with one attached hydrogen (secondary N) is 1. The highest BCUT2D eigenvalue weighted by Gasteiger charge is 2.13. The summed E-state index contributed by atoms with van der Waals surface area (Å²) in [5.74, 6) is 0.828. The van der Waals surface area contributed by atoms with Crippen LogP contribution in [0.3, 0.4) is 0 Å². The van der Waals surface area contributed by atoms with Gasteiger partial charge in [0.2, 0.25) is 5.91 Å². The van der Waals surface area contributed by atoms with E-state index in [-0.39, 0.29) is 18.6 Å². The lowest BCUT2D eigenvalue weighted by Gasteiger charge is -2.18. The van der Waals surface area contributed by atoms with Crippen molar-refractivity contribution in [1.29, 1.82) is 0 Å². The molecule has 0 fully saturated rings. The second kappa shape index (κ2) is 8.23. The van der Waals surface area contributed by atoms with Crippen molar-refractivity contribution in [2.45, 2.75) is 38.1 Å². The maximum atomic E-state index is 11.8. The number of amides is 1. The molecule has 1 aromatic rings. The molecule has 0 aliphatic carbocycles. The molecule has 4 heteroatoms. The fourth-order valence-corrected chi connectivity index (χ4v) is 2.72. The summed E-state index contributed by atoms with van der Waals surface area (Å²) in [6.07, 6.45) is 0.803. The summed E-state index contributed by atoms with van der Waals surface area (Å²) in [5.41, 5.74) is 1.18. The zero-order valence-corrected chi connectivity index (χ0v) is 12.7. The van der Waals surface area contributed by atoms with E-state index >= 15 is 0 Å². The predicted molar refractivity (Wildman–Crippen MR) is 80.4 cm³/mol. The van der Waals surface area contributed by atoms with Crippen LogP contribution in [0, 0.1) is 12.8 Å². The first-order valence-corrected chi connectivity index (χ1v) is 7.60. The molecule has 0 spiro atoms. The maximum absolute atomic E-state index is 11.8. The highest BCUT2D eigenvalue weighted by Crippen LogP contribution is 2.21. The molecule has 1 aromatic carbocycles. The van der Waals surface area contributed by atoms with Crippen molar-refractivity contribution in [3.63, 3.8) is 0 Å². The van der Waals surface area contributed by atoms with Gasteiger partial charge in [0, 0.05) is 4.90 Å². The Labute approximate surface area is 119 Å². The second-order valence-electron chi connectivity index (χ2n) is 5.13. The number of hydrogen-bond donors (Lipinski definition) is 2. The molecule has 0 bridgehead atoms. The van der Waals surface area contributed by atoms with Gasteiger partial charge in [-0.3, -0.25) is 4.79 Å². The van der Waals surface area contributed by atoms with E-state index in [0.717, 1.165) is 11.3 Å². The molecule has 0 saturated carbocycles. The number of thioether (sulfide) groups is 1. The average Bonchev–Trinajstić information content (AvgIpc) is 2.36. The molecule has 1 rings (SSSR count). The Balaban J connectivity index is 2.41. The molecule has 19 heavy (non-hydrogen) atoms. The first-order valence-electron chi connectivity index (χ1n) is 6.61. The summed E-state index contributed by atoms with van der Waals surface area (Å²) in [5, 5.41) is 12.1. The van der Waals surface area contributed by atoms with Gasteiger partial charge >= 0.3 is 0 Å². The number of aliphatic hydroxyl groups is 1. The fraction of sp³-hybridized carbons (Fsp3) is 0.533. The zero-order chi connectivity index (χ0) is 14.3. The van der Waals surface area contributed by atoms with Crippen LogP contribution < -0.4 is 5.32 Å². The summed E-state index contributed by atoms with van der Waals surface area (Å²) in [6.45, 7) is 6.20. The smallest absolute Gasteiger partial charge is 0.230 e. The molecule has 1 unspecified atom stereocenters. The van der Waals surface area contributed by atoms with Gasteiger partial charge in [0.25, 0.3) is 0 Å². The molecule has 0 heterocycles. The maximum Gasteiger partial charge on any atom is 0.230 e. The number of carbonyl (C=O) groups excluding carboxylic acids is 1. The zero-order valence-electron chi connectivity index (χ0n) is 11.8. The van der Waals surface area contributed by atoms with Gasteiger partial charge < -0.3 is 10.4 Å². The highest BCUT2D eigenvalue weighted by molar-refractivity contribution is 8.00. The molecule has 1 atom stereocenters. The van der Waals surface area contributed by atoms with E-state index in [9.17, 15) is 9.90 Å². The van der Waals surface area contributed by atoms with Gasteiger partial charge in [0.15, 0.2) is 0 Å². The van der Waals surface area contributed by atoms with E-state index < -0.39 is 0 Å². The molecular weight excluding hydrogens is 258 g/mol. The molecule has 3 nitrogen and oxygen atoms in total. The van der Waals surface area contributed by atoms with Crippen molar-refractivity contribution < 1.29 is 9.90 Å². The largest absolute Gasteiger partial charge is 0.394 e. The summed E-state index contributed by atoms with van der Waals surface area (Å²) in [6, 6.07) is 7.89. The Morgan fingerprint density at radius 2 is 2.05 bits per heavy atom. The van der Waals surface area contributed by atoms with E-state index in [1.165, 1.54) is 17.3 Å². The Kier molecular flexibility index (Phi) is 6.95. The molecule has 1 amide bonds. The van der Waals surface area contributed by atoms with Crippen molar-refractivity contribution in [2.75, 3.05) is 12.4 Å². The minimum absolute atomic E-state index is 0.00104. The average molecular weight is 281 g/mol. The lowest BCUT2D eigenvalue weighted by Crippen LogP contribution is -2.39. The van der Waals surface area contributed by atoms with Gasteiger partial charge in [-0.05, 0) is 30.9 Å². The van der Waals surface area contributed by atoms with Crippen molar-refractivity contribution in [3.8, 4) is 0 Å². The van der Waals surface area contributed by atoms with Gasteiger partial charge in [-0.15, -0.1) is 11.8 Å². The fourth-order valence-electron chi connectivity index (χ4n) is 1.88. The number of benzene rings is 1. The lowest BCUT2D eigenvalue weighted by molar-refractivity contribution is -0.119. The molecule has 0 aliphatic heterocycles. The minimum Gasteiger partial charge on any atom is -0.394 e. The number of rotatable bonds is 7. The third kappa shape index (κ3) is 6.12. The van der Waals surface area contributed by atoms with Gasteiger partial charge in [-0.25, -0.2) is 0 Å². The van der Waals surface area contributed by atoms with Crippen LogP contribution in [-0.2, 0) is 4.79 Å². The van der Waals surface area contributed by atoms with Crippen molar-refractivity contribution in [3.05, 3.63) is 29.8 Å². The third-order valence-electron chi connectivity index (χ3n) is 2.79. The lowest BCUT2D eigenvalue weighted by atomic mass is 10.0. The van der Waals surface area contributed by atoms with E-state index in [1.807, 2.05) is 31.2 Å². The van der Waals surface area contributed by atoms with Crippen molar-refractivity contribution in [1.82, 2.24) is 5.32 Å². The molecular formula is C15H23NO2S. The number of carbonyl (C=O) groups is 1. The Hall–Kier alpha value is -1.00. The monoisotopic (exact) mass is 281 g/mol. The molecule has 0 aromatic heterocycles. The molecule has 106 valence electrons. The quantitative estimate of drug-likeness (QED) is 0.755. The van der Waals surface area contributed by atoms with Gasteiger partial charge in [-0.1, -0.05) is 32.0 Å². The van der Waals surface area contributed by atoms with Crippen LogP contribution in [0.25, 0.3) is 0 Å². The van der Waals surface area contributed by atoms with Crippen LogP contribution in [-0.4, -0.2) is 29.4 Å². The molecule has 0 radical (unpaired) electrons. The standard InChI is InChI=1S/C15H23NO2S/c1-11(2)8-13(9-17)16-15(18)10-19-14-7-5-4-6-12(14)3/h4-7,11,13,17H,8-10H2,1-3H3,(H,16,18). The van der Waals surface area contributed by atoms with Crippen LogP contribution in [0.15, 0.2) is 29.2 Å². The first kappa shape index (κ1) is 16.1. The Bertz CT molecular complexity index is 407. The van der Waals surface area contributed by atoms with Gasteiger partial charge in [0.1, 0.15) is 0 Å². The van der Waals surface area contributed by atoms with Crippen molar-refractivity contribution >= 4 is 17.7 Å². The normalized spacial score (nSPS) is 12.5. The second-order valence-corrected chi connectivity index (χ2v) is 6.15. The number of hydrogen-bond acceptors (Lipinski definition) is 3. The Morgan fingerprint density at radius 3 is 2.63 bits per heavy atom. The topological polar surface area (TPSA) is 49.3 Å². The van der Waals surface area contributed by atoms with Crippen LogP contribution in [0.4, 0.5) is 0 Å². The van der Waals surface area contributed by atoms with Crippen LogP contribution in [0.1, 0.15) is 25.8 Å². The summed E-state index contributed by atoms with van der Waals surface area (Å²) >= 11 is 1.53.